The van der Waals surface area contributed by atoms with E-state index in [1.807, 2.05) is 0 Å². The zero-order valence-electron chi connectivity index (χ0n) is 9.29. The summed E-state index contributed by atoms with van der Waals surface area (Å²) in [5, 5.41) is 12.8. The summed E-state index contributed by atoms with van der Waals surface area (Å²) in [4.78, 5) is 0.364. The first-order valence-corrected chi connectivity index (χ1v) is 6.72. The van der Waals surface area contributed by atoms with Gasteiger partial charge in [0.25, 0.3) is 0 Å². The van der Waals surface area contributed by atoms with Crippen LogP contribution in [0.3, 0.4) is 0 Å². The van der Waals surface area contributed by atoms with Crippen molar-refractivity contribution in [3.05, 3.63) is 23.5 Å². The van der Waals surface area contributed by atoms with Crippen LogP contribution >= 0.6 is 11.8 Å². The molecule has 1 aromatic carbocycles. The van der Waals surface area contributed by atoms with E-state index in [0.29, 0.717) is 4.90 Å². The predicted molar refractivity (Wildman–Crippen MR) is 64.7 cm³/mol. The monoisotopic (exact) mass is 241 g/mol. The third-order valence-electron chi connectivity index (χ3n) is 3.05. The minimum absolute atomic E-state index is 0.0394. The van der Waals surface area contributed by atoms with Crippen molar-refractivity contribution in [3.8, 4) is 5.75 Å². The molecule has 0 amide bonds. The predicted octanol–water partition coefficient (Wildman–Crippen LogP) is 2.72. The topological polar surface area (TPSA) is 32.3 Å². The van der Waals surface area contributed by atoms with Crippen molar-refractivity contribution < 1.29 is 9.50 Å². The highest BCUT2D eigenvalue weighted by molar-refractivity contribution is 7.98. The summed E-state index contributed by atoms with van der Waals surface area (Å²) >= 11 is 1.25. The highest BCUT2D eigenvalue weighted by Crippen LogP contribution is 2.35. The van der Waals surface area contributed by atoms with Gasteiger partial charge in [-0.15, -0.1) is 11.8 Å². The minimum atomic E-state index is -0.249. The molecule has 0 aliphatic carbocycles. The van der Waals surface area contributed by atoms with Crippen LogP contribution in [0.15, 0.2) is 17.0 Å². The van der Waals surface area contributed by atoms with Crippen LogP contribution in [0.5, 0.6) is 5.75 Å². The smallest absolute Gasteiger partial charge is 0.144 e. The molecular formula is C12H16FNOS. The Bertz CT molecular complexity index is 378. The fraction of sp³-hybridized carbons (Fsp3) is 0.500. The van der Waals surface area contributed by atoms with Crippen LogP contribution < -0.4 is 5.32 Å². The zero-order chi connectivity index (χ0) is 11.5. The Morgan fingerprint density at radius 2 is 2.31 bits per heavy atom. The molecule has 88 valence electrons. The summed E-state index contributed by atoms with van der Waals surface area (Å²) in [5.41, 5.74) is 0.731. The van der Waals surface area contributed by atoms with Crippen LogP contribution in [0, 0.1) is 5.82 Å². The van der Waals surface area contributed by atoms with Crippen LogP contribution in [0.1, 0.15) is 24.3 Å². The van der Waals surface area contributed by atoms with E-state index in [1.165, 1.54) is 11.8 Å². The SMILES string of the molecule is CSc1c(O)ccc(C2CCCNC2)c1F. The molecule has 1 aliphatic rings. The molecule has 0 bridgehead atoms. The number of piperidine rings is 1. The third-order valence-corrected chi connectivity index (χ3v) is 3.84. The molecule has 16 heavy (non-hydrogen) atoms. The number of benzene rings is 1. The van der Waals surface area contributed by atoms with Gasteiger partial charge in [0.1, 0.15) is 11.6 Å². The molecule has 0 aromatic heterocycles. The summed E-state index contributed by atoms with van der Waals surface area (Å²) in [6, 6.07) is 3.31. The first kappa shape index (κ1) is 11.7. The molecule has 2 rings (SSSR count). The van der Waals surface area contributed by atoms with E-state index < -0.39 is 0 Å². The van der Waals surface area contributed by atoms with Gasteiger partial charge in [0.15, 0.2) is 0 Å². The molecule has 1 atom stereocenters. The van der Waals surface area contributed by atoms with Crippen LogP contribution in [0.2, 0.25) is 0 Å². The van der Waals surface area contributed by atoms with Gasteiger partial charge in [-0.1, -0.05) is 6.07 Å². The number of phenolic OH excluding ortho intramolecular Hbond substituents is 1. The second-order valence-corrected chi connectivity index (χ2v) is 4.88. The molecule has 0 spiro atoms. The van der Waals surface area contributed by atoms with Gasteiger partial charge in [-0.25, -0.2) is 4.39 Å². The minimum Gasteiger partial charge on any atom is -0.507 e. The highest BCUT2D eigenvalue weighted by Gasteiger charge is 2.21. The van der Waals surface area contributed by atoms with E-state index in [0.717, 1.165) is 31.5 Å². The van der Waals surface area contributed by atoms with Gasteiger partial charge >= 0.3 is 0 Å². The Morgan fingerprint density at radius 1 is 1.50 bits per heavy atom. The Kier molecular flexibility index (Phi) is 3.71. The van der Waals surface area contributed by atoms with E-state index in [1.54, 1.807) is 18.4 Å². The summed E-state index contributed by atoms with van der Waals surface area (Å²) in [6.07, 6.45) is 3.88. The molecule has 4 heteroatoms. The number of hydrogen-bond acceptors (Lipinski definition) is 3. The number of nitrogens with one attached hydrogen (secondary N) is 1. The summed E-state index contributed by atoms with van der Waals surface area (Å²) in [5.74, 6) is 0.0268. The average molecular weight is 241 g/mol. The maximum Gasteiger partial charge on any atom is 0.144 e. The van der Waals surface area contributed by atoms with E-state index in [2.05, 4.69) is 5.32 Å². The molecule has 2 N–H and O–H groups in total. The second-order valence-electron chi connectivity index (χ2n) is 4.06. The largest absolute Gasteiger partial charge is 0.507 e. The number of thioether (sulfide) groups is 1. The van der Waals surface area contributed by atoms with Gasteiger partial charge in [0, 0.05) is 6.54 Å². The van der Waals surface area contributed by atoms with Gasteiger partial charge in [0.2, 0.25) is 0 Å². The molecule has 0 radical (unpaired) electrons. The molecule has 1 aromatic rings. The van der Waals surface area contributed by atoms with Crippen LogP contribution in [0.4, 0.5) is 4.39 Å². The second kappa shape index (κ2) is 5.06. The lowest BCUT2D eigenvalue weighted by Crippen LogP contribution is -2.28. The molecule has 1 saturated heterocycles. The Hall–Kier alpha value is -0.740. The summed E-state index contributed by atoms with van der Waals surface area (Å²) in [7, 11) is 0. The van der Waals surface area contributed by atoms with E-state index in [4.69, 9.17) is 0 Å². The van der Waals surface area contributed by atoms with Crippen LogP contribution in [-0.2, 0) is 0 Å². The van der Waals surface area contributed by atoms with Crippen molar-refractivity contribution in [2.75, 3.05) is 19.3 Å². The molecule has 1 unspecified atom stereocenters. The zero-order valence-corrected chi connectivity index (χ0v) is 10.1. The first-order chi connectivity index (χ1) is 7.74. The number of halogens is 1. The molecular weight excluding hydrogens is 225 g/mol. The Labute approximate surface area is 99.2 Å². The fourth-order valence-electron chi connectivity index (χ4n) is 2.19. The number of aromatic hydroxyl groups is 1. The number of hydrogen-bond donors (Lipinski definition) is 2. The van der Waals surface area contributed by atoms with Crippen molar-refractivity contribution in [1.29, 1.82) is 0 Å². The lowest BCUT2D eigenvalue weighted by Gasteiger charge is -2.24. The van der Waals surface area contributed by atoms with Gasteiger partial charge in [0.05, 0.1) is 4.90 Å². The van der Waals surface area contributed by atoms with Gasteiger partial charge < -0.3 is 10.4 Å². The van der Waals surface area contributed by atoms with Crippen molar-refractivity contribution in [2.45, 2.75) is 23.7 Å². The van der Waals surface area contributed by atoms with Crippen molar-refractivity contribution in [1.82, 2.24) is 5.32 Å². The lowest BCUT2D eigenvalue weighted by molar-refractivity contribution is 0.425. The van der Waals surface area contributed by atoms with Crippen molar-refractivity contribution in [3.63, 3.8) is 0 Å². The van der Waals surface area contributed by atoms with E-state index in [9.17, 15) is 9.50 Å². The van der Waals surface area contributed by atoms with Crippen LogP contribution in [0.25, 0.3) is 0 Å². The Balaban J connectivity index is 2.33. The Morgan fingerprint density at radius 3 is 2.94 bits per heavy atom. The standard InChI is InChI=1S/C12H16FNOS/c1-16-12-10(15)5-4-9(11(12)13)8-3-2-6-14-7-8/h4-5,8,14-15H,2-3,6-7H2,1H3. The maximum absolute atomic E-state index is 14.1. The quantitative estimate of drug-likeness (QED) is 0.781. The lowest BCUT2D eigenvalue weighted by atomic mass is 9.91. The third kappa shape index (κ3) is 2.18. The number of phenols is 1. The molecule has 1 fully saturated rings. The van der Waals surface area contributed by atoms with Crippen molar-refractivity contribution >= 4 is 11.8 Å². The van der Waals surface area contributed by atoms with Gasteiger partial charge in [-0.2, -0.15) is 0 Å². The van der Waals surface area contributed by atoms with Crippen molar-refractivity contribution in [2.24, 2.45) is 0 Å². The van der Waals surface area contributed by atoms with Gasteiger partial charge in [-0.3, -0.25) is 0 Å². The maximum atomic E-state index is 14.1. The average Bonchev–Trinajstić information content (AvgIpc) is 2.31. The molecule has 1 aliphatic heterocycles. The van der Waals surface area contributed by atoms with E-state index >= 15 is 0 Å². The highest BCUT2D eigenvalue weighted by atomic mass is 32.2. The molecule has 0 saturated carbocycles. The van der Waals surface area contributed by atoms with Gasteiger partial charge in [-0.05, 0) is 43.2 Å². The van der Waals surface area contributed by atoms with E-state index in [-0.39, 0.29) is 17.5 Å². The fourth-order valence-corrected chi connectivity index (χ4v) is 2.76. The molecule has 2 nitrogen and oxygen atoms in total. The van der Waals surface area contributed by atoms with Crippen LogP contribution in [-0.4, -0.2) is 24.5 Å². The normalized spacial score (nSPS) is 21.0. The summed E-state index contributed by atoms with van der Waals surface area (Å²) in [6.45, 7) is 1.85. The molecule has 1 heterocycles. The summed E-state index contributed by atoms with van der Waals surface area (Å²) < 4.78 is 14.1. The first-order valence-electron chi connectivity index (χ1n) is 5.50. The number of rotatable bonds is 2.